The van der Waals surface area contributed by atoms with E-state index >= 15 is 0 Å². The van der Waals surface area contributed by atoms with Crippen molar-refractivity contribution >= 4 is 40.9 Å². The molecule has 190 valence electrons. The van der Waals surface area contributed by atoms with Crippen molar-refractivity contribution in [2.75, 3.05) is 19.8 Å². The number of carboxylic acid groups (broad SMARTS) is 1. The number of pyridine rings is 1. The second kappa shape index (κ2) is 12.4. The van der Waals surface area contributed by atoms with E-state index in [1.54, 1.807) is 22.8 Å². The van der Waals surface area contributed by atoms with Crippen LogP contribution in [0.25, 0.3) is 10.9 Å². The quantitative estimate of drug-likeness (QED) is 0.337. The predicted octanol–water partition coefficient (Wildman–Crippen LogP) is 4.42. The summed E-state index contributed by atoms with van der Waals surface area (Å²) in [6.45, 7) is 4.24. The molecule has 1 atom stereocenters. The molecule has 0 bridgehead atoms. The van der Waals surface area contributed by atoms with Gasteiger partial charge in [0.15, 0.2) is 0 Å². The summed E-state index contributed by atoms with van der Waals surface area (Å²) in [6.07, 6.45) is 1.91. The molecule has 1 aromatic heterocycles. The molecule has 3 aromatic rings. The number of aromatic carboxylic acids is 1. The summed E-state index contributed by atoms with van der Waals surface area (Å²) in [5, 5.41) is 19.8. The zero-order valence-electron chi connectivity index (χ0n) is 19.5. The number of nitrogens with zero attached hydrogens (tertiary/aromatic N) is 1. The van der Waals surface area contributed by atoms with Crippen LogP contribution >= 0.6 is 24.0 Å². The molecule has 3 rings (SSSR count). The molecule has 1 heterocycles. The van der Waals surface area contributed by atoms with Gasteiger partial charge in [-0.05, 0) is 42.1 Å². The van der Waals surface area contributed by atoms with Crippen molar-refractivity contribution in [1.29, 1.82) is 0 Å². The molecular weight excluding hydrogens is 498 g/mol. The van der Waals surface area contributed by atoms with Gasteiger partial charge in [-0.25, -0.2) is 9.18 Å². The van der Waals surface area contributed by atoms with Crippen molar-refractivity contribution in [2.24, 2.45) is 11.7 Å². The maximum Gasteiger partial charge on any atom is 0.341 e. The highest BCUT2D eigenvalue weighted by atomic mass is 35.5. The molecule has 0 unspecified atom stereocenters. The van der Waals surface area contributed by atoms with Crippen LogP contribution in [0.4, 0.5) is 4.39 Å². The lowest BCUT2D eigenvalue weighted by Crippen LogP contribution is -2.25. The first-order valence-corrected chi connectivity index (χ1v) is 11.4. The average Bonchev–Trinajstić information content (AvgIpc) is 2.79. The number of halogens is 3. The molecule has 10 heteroatoms. The Morgan fingerprint density at radius 3 is 2.57 bits per heavy atom. The third-order valence-corrected chi connectivity index (χ3v) is 6.07. The molecule has 0 aliphatic rings. The summed E-state index contributed by atoms with van der Waals surface area (Å²) in [5.74, 6) is -1.59. The molecule has 0 saturated heterocycles. The van der Waals surface area contributed by atoms with Gasteiger partial charge in [0.1, 0.15) is 17.1 Å². The fourth-order valence-electron chi connectivity index (χ4n) is 3.90. The number of aliphatic hydroxyl groups is 1. The van der Waals surface area contributed by atoms with Gasteiger partial charge in [0.2, 0.25) is 5.43 Å². The highest BCUT2D eigenvalue weighted by Gasteiger charge is 2.23. The normalized spacial score (nSPS) is 12.0. The number of carboxylic acids is 1. The largest absolute Gasteiger partial charge is 0.493 e. The van der Waals surface area contributed by atoms with Gasteiger partial charge in [0.25, 0.3) is 0 Å². The summed E-state index contributed by atoms with van der Waals surface area (Å²) < 4.78 is 22.2. The lowest BCUT2D eigenvalue weighted by atomic mass is 9.98. The molecule has 0 radical (unpaired) electrons. The Bertz CT molecular complexity index is 1260. The van der Waals surface area contributed by atoms with E-state index in [2.05, 4.69) is 0 Å². The highest BCUT2D eigenvalue weighted by molar-refractivity contribution is 6.30. The van der Waals surface area contributed by atoms with Gasteiger partial charge in [-0.1, -0.05) is 37.6 Å². The second-order valence-corrected chi connectivity index (χ2v) is 8.84. The monoisotopic (exact) mass is 526 g/mol. The first-order valence-electron chi connectivity index (χ1n) is 11.0. The molecule has 2 aromatic carbocycles. The lowest BCUT2D eigenvalue weighted by molar-refractivity contribution is 0.0694. The van der Waals surface area contributed by atoms with Gasteiger partial charge < -0.3 is 25.3 Å². The third-order valence-electron chi connectivity index (χ3n) is 5.78. The minimum Gasteiger partial charge on any atom is -0.493 e. The summed E-state index contributed by atoms with van der Waals surface area (Å²) in [6, 6.07) is 7.35. The van der Waals surface area contributed by atoms with Crippen molar-refractivity contribution in [3.05, 3.63) is 74.3 Å². The number of hydrogen-bond donors (Lipinski definition) is 3. The smallest absolute Gasteiger partial charge is 0.341 e. The molecule has 0 aliphatic heterocycles. The van der Waals surface area contributed by atoms with Gasteiger partial charge in [0, 0.05) is 24.1 Å². The lowest BCUT2D eigenvalue weighted by Gasteiger charge is -2.25. The second-order valence-electron chi connectivity index (χ2n) is 8.44. The number of rotatable bonds is 10. The minimum atomic E-state index is -1.37. The van der Waals surface area contributed by atoms with Crippen LogP contribution < -0.4 is 15.9 Å². The van der Waals surface area contributed by atoms with Gasteiger partial charge in [-0.2, -0.15) is 0 Å². The Morgan fingerprint density at radius 1 is 1.26 bits per heavy atom. The number of aliphatic hydroxyl groups excluding tert-OH is 1. The maximum absolute atomic E-state index is 14.6. The molecule has 0 amide bonds. The van der Waals surface area contributed by atoms with Crippen LogP contribution in [-0.4, -0.2) is 40.5 Å². The molecule has 35 heavy (non-hydrogen) atoms. The number of carbonyl (C=O) groups is 1. The molecule has 4 N–H and O–H groups in total. The number of ether oxygens (including phenoxy) is 1. The van der Waals surface area contributed by atoms with E-state index in [1.165, 1.54) is 18.3 Å². The van der Waals surface area contributed by atoms with E-state index in [0.29, 0.717) is 42.0 Å². The van der Waals surface area contributed by atoms with Crippen LogP contribution in [0.3, 0.4) is 0 Å². The standard InChI is InChI=1S/C25H28ClFN2O5.ClH/c1-14(2)21(13-30)29-12-18(25(32)33)24(31)17-10-16(9-15-5-3-6-19(26)23(15)27)22(11-20(17)29)34-8-4-7-28;/h3,5-6,10-12,14,21,30H,4,7-9,13,28H2,1-2H3,(H,32,33);1H/t21-;/m1./s1. The van der Waals surface area contributed by atoms with E-state index in [-0.39, 0.29) is 41.8 Å². The molecule has 0 spiro atoms. The van der Waals surface area contributed by atoms with Crippen LogP contribution in [0, 0.1) is 11.7 Å². The Balaban J connectivity index is 0.00000432. The van der Waals surface area contributed by atoms with Crippen LogP contribution in [-0.2, 0) is 6.42 Å². The zero-order chi connectivity index (χ0) is 25.0. The number of hydrogen-bond acceptors (Lipinski definition) is 5. The van der Waals surface area contributed by atoms with Crippen LogP contribution in [0.15, 0.2) is 41.3 Å². The number of fused-ring (bicyclic) bond motifs is 1. The number of aromatic nitrogens is 1. The fourth-order valence-corrected chi connectivity index (χ4v) is 4.09. The van der Waals surface area contributed by atoms with Gasteiger partial charge in [-0.15, -0.1) is 12.4 Å². The summed E-state index contributed by atoms with van der Waals surface area (Å²) in [7, 11) is 0. The van der Waals surface area contributed by atoms with Gasteiger partial charge in [-0.3, -0.25) is 4.79 Å². The SMILES string of the molecule is CC(C)[C@@H](CO)n1cc(C(=O)O)c(=O)c2cc(Cc3cccc(Cl)c3F)c(OCCCN)cc21.Cl. The Kier molecular flexibility index (Phi) is 10.1. The zero-order valence-corrected chi connectivity index (χ0v) is 21.0. The maximum atomic E-state index is 14.6. The fraction of sp³-hybridized carbons (Fsp3) is 0.360. The predicted molar refractivity (Wildman–Crippen MR) is 137 cm³/mol. The highest BCUT2D eigenvalue weighted by Crippen LogP contribution is 2.31. The first-order chi connectivity index (χ1) is 16.2. The van der Waals surface area contributed by atoms with Crippen LogP contribution in [0.5, 0.6) is 5.75 Å². The van der Waals surface area contributed by atoms with Gasteiger partial charge in [0.05, 0.1) is 29.8 Å². The van der Waals surface area contributed by atoms with Crippen molar-refractivity contribution in [2.45, 2.75) is 32.7 Å². The third kappa shape index (κ3) is 6.13. The Morgan fingerprint density at radius 2 is 1.97 bits per heavy atom. The first kappa shape index (κ1) is 28.6. The van der Waals surface area contributed by atoms with E-state index in [0.717, 1.165) is 0 Å². The number of nitrogens with two attached hydrogens (primary N) is 1. The van der Waals surface area contributed by atoms with E-state index in [4.69, 9.17) is 22.1 Å². The Hall–Kier alpha value is -2.65. The summed E-state index contributed by atoms with van der Waals surface area (Å²) >= 11 is 5.94. The van der Waals surface area contributed by atoms with Crippen LogP contribution in [0.2, 0.25) is 5.02 Å². The molecular formula is C25H29Cl2FN2O5. The topological polar surface area (TPSA) is 115 Å². The minimum absolute atomic E-state index is 0. The van der Waals surface area contributed by atoms with Crippen molar-refractivity contribution < 1.29 is 24.1 Å². The van der Waals surface area contributed by atoms with Crippen molar-refractivity contribution in [1.82, 2.24) is 4.57 Å². The van der Waals surface area contributed by atoms with Crippen molar-refractivity contribution in [3.8, 4) is 5.75 Å². The molecule has 0 aliphatic carbocycles. The van der Waals surface area contributed by atoms with E-state index in [9.17, 15) is 24.2 Å². The average molecular weight is 527 g/mol. The number of benzene rings is 2. The molecule has 0 saturated carbocycles. The Labute approximate surface area is 213 Å². The molecule has 0 fully saturated rings. The van der Waals surface area contributed by atoms with E-state index in [1.807, 2.05) is 13.8 Å². The summed E-state index contributed by atoms with van der Waals surface area (Å²) in [5.41, 5.74) is 5.73. The summed E-state index contributed by atoms with van der Waals surface area (Å²) in [4.78, 5) is 24.9. The van der Waals surface area contributed by atoms with E-state index < -0.39 is 28.8 Å². The van der Waals surface area contributed by atoms with Crippen LogP contribution in [0.1, 0.15) is 47.8 Å². The molecule has 7 nitrogen and oxygen atoms in total. The van der Waals surface area contributed by atoms with Gasteiger partial charge >= 0.3 is 5.97 Å². The van der Waals surface area contributed by atoms with Crippen molar-refractivity contribution in [3.63, 3.8) is 0 Å².